The van der Waals surface area contributed by atoms with Gasteiger partial charge in [-0.25, -0.2) is 0 Å². The molecule has 0 aliphatic rings. The van der Waals surface area contributed by atoms with E-state index in [1.165, 1.54) is 0 Å². The lowest BCUT2D eigenvalue weighted by Crippen LogP contribution is -2.30. The molecule has 2 N–H and O–H groups in total. The molecular formula is C19H20N4O2S. The Morgan fingerprint density at radius 1 is 1.19 bits per heavy atom. The van der Waals surface area contributed by atoms with Gasteiger partial charge in [0.2, 0.25) is 5.91 Å². The van der Waals surface area contributed by atoms with Crippen molar-refractivity contribution in [1.29, 1.82) is 0 Å². The van der Waals surface area contributed by atoms with Crippen molar-refractivity contribution >= 4 is 18.1 Å². The lowest BCUT2D eigenvalue weighted by atomic mass is 10.1. The fourth-order valence-electron chi connectivity index (χ4n) is 2.61. The zero-order valence-corrected chi connectivity index (χ0v) is 15.5. The second-order valence-electron chi connectivity index (χ2n) is 6.22. The van der Waals surface area contributed by atoms with Gasteiger partial charge in [0.1, 0.15) is 12.3 Å². The molecule has 0 aliphatic heterocycles. The van der Waals surface area contributed by atoms with Crippen molar-refractivity contribution in [2.24, 2.45) is 0 Å². The summed E-state index contributed by atoms with van der Waals surface area (Å²) in [5.74, 6) is 0.764. The van der Waals surface area contributed by atoms with Gasteiger partial charge in [-0.1, -0.05) is 42.0 Å². The molecule has 0 fully saturated rings. The normalized spacial score (nSPS) is 10.7. The first kappa shape index (κ1) is 17.9. The average Bonchev–Trinajstić information content (AvgIpc) is 2.98. The number of aromatic amines is 1. The topological polar surface area (TPSA) is 74.2 Å². The van der Waals surface area contributed by atoms with Crippen LogP contribution in [0.25, 0.3) is 11.4 Å². The van der Waals surface area contributed by atoms with Gasteiger partial charge in [0.15, 0.2) is 10.6 Å². The number of phenols is 1. The van der Waals surface area contributed by atoms with Crippen LogP contribution in [0, 0.1) is 11.7 Å². The van der Waals surface area contributed by atoms with Gasteiger partial charge in [-0.2, -0.15) is 5.10 Å². The van der Waals surface area contributed by atoms with Gasteiger partial charge in [-0.05, 0) is 36.8 Å². The van der Waals surface area contributed by atoms with Gasteiger partial charge in [0, 0.05) is 19.2 Å². The number of amides is 1. The van der Waals surface area contributed by atoms with Crippen LogP contribution in [0.15, 0.2) is 48.5 Å². The number of hydrogen-bond acceptors (Lipinski definition) is 4. The maximum absolute atomic E-state index is 12.6. The molecule has 3 rings (SSSR count). The van der Waals surface area contributed by atoms with Gasteiger partial charge in [-0.3, -0.25) is 14.5 Å². The Morgan fingerprint density at radius 3 is 2.50 bits per heavy atom. The number of benzene rings is 2. The number of aromatic hydroxyl groups is 1. The number of carbonyl (C=O) groups is 1. The van der Waals surface area contributed by atoms with E-state index in [4.69, 9.17) is 12.2 Å². The smallest absolute Gasteiger partial charge is 0.242 e. The maximum atomic E-state index is 12.6. The molecule has 0 saturated heterocycles. The van der Waals surface area contributed by atoms with Crippen LogP contribution in [0.2, 0.25) is 0 Å². The number of nitrogens with one attached hydrogen (secondary N) is 1. The van der Waals surface area contributed by atoms with Gasteiger partial charge in [0.05, 0.1) is 0 Å². The SMILES string of the molecule is Cc1ccc(-c2n[nH]c(=S)n2CC(=O)N(C)Cc2ccc(O)cc2)cc1. The monoisotopic (exact) mass is 368 g/mol. The number of carbonyl (C=O) groups excluding carboxylic acids is 1. The zero-order chi connectivity index (χ0) is 18.7. The molecule has 0 bridgehead atoms. The Kier molecular flexibility index (Phi) is 5.18. The molecule has 0 aliphatic carbocycles. The van der Waals surface area contributed by atoms with Crippen LogP contribution in [0.3, 0.4) is 0 Å². The molecule has 1 amide bonds. The minimum Gasteiger partial charge on any atom is -0.508 e. The molecule has 0 unspecified atom stereocenters. The third-order valence-corrected chi connectivity index (χ3v) is 4.45. The van der Waals surface area contributed by atoms with Crippen LogP contribution < -0.4 is 0 Å². The first-order valence-corrected chi connectivity index (χ1v) is 8.59. The average molecular weight is 368 g/mol. The Balaban J connectivity index is 1.77. The third kappa shape index (κ3) is 4.00. The summed E-state index contributed by atoms with van der Waals surface area (Å²) < 4.78 is 2.11. The molecule has 7 heteroatoms. The van der Waals surface area contributed by atoms with Crippen molar-refractivity contribution in [2.75, 3.05) is 7.05 Å². The Labute approximate surface area is 156 Å². The van der Waals surface area contributed by atoms with Crippen molar-refractivity contribution in [1.82, 2.24) is 19.7 Å². The van der Waals surface area contributed by atoms with Crippen molar-refractivity contribution in [3.63, 3.8) is 0 Å². The van der Waals surface area contributed by atoms with E-state index < -0.39 is 0 Å². The van der Waals surface area contributed by atoms with Crippen molar-refractivity contribution < 1.29 is 9.90 Å². The molecule has 3 aromatic rings. The Hall–Kier alpha value is -2.93. The standard InChI is InChI=1S/C19H20N4O2S/c1-13-3-7-15(8-4-13)18-20-21-19(26)23(18)12-17(25)22(2)11-14-5-9-16(24)10-6-14/h3-10,24H,11-12H2,1-2H3,(H,21,26). The zero-order valence-electron chi connectivity index (χ0n) is 14.6. The van der Waals surface area contributed by atoms with E-state index in [-0.39, 0.29) is 18.2 Å². The molecule has 26 heavy (non-hydrogen) atoms. The summed E-state index contributed by atoms with van der Waals surface area (Å²) in [5.41, 5.74) is 2.99. The molecule has 2 aromatic carbocycles. The molecule has 0 atom stereocenters. The van der Waals surface area contributed by atoms with E-state index in [0.717, 1.165) is 16.7 Å². The second kappa shape index (κ2) is 7.53. The van der Waals surface area contributed by atoms with Crippen LogP contribution in [0.5, 0.6) is 5.75 Å². The van der Waals surface area contributed by atoms with Gasteiger partial charge in [-0.15, -0.1) is 0 Å². The maximum Gasteiger partial charge on any atom is 0.242 e. The molecule has 0 spiro atoms. The predicted octanol–water partition coefficient (Wildman–Crippen LogP) is 3.28. The highest BCUT2D eigenvalue weighted by atomic mass is 32.1. The number of hydrogen-bond donors (Lipinski definition) is 2. The lowest BCUT2D eigenvalue weighted by molar-refractivity contribution is -0.131. The van der Waals surface area contributed by atoms with Gasteiger partial charge < -0.3 is 10.0 Å². The first-order valence-electron chi connectivity index (χ1n) is 8.18. The van der Waals surface area contributed by atoms with Crippen LogP contribution in [-0.4, -0.2) is 37.7 Å². The van der Waals surface area contributed by atoms with Crippen LogP contribution in [0.1, 0.15) is 11.1 Å². The van der Waals surface area contributed by atoms with E-state index in [2.05, 4.69) is 10.2 Å². The largest absolute Gasteiger partial charge is 0.508 e. The third-order valence-electron chi connectivity index (χ3n) is 4.14. The van der Waals surface area contributed by atoms with Crippen molar-refractivity contribution in [3.05, 3.63) is 64.4 Å². The molecular weight excluding hydrogens is 348 g/mol. The summed E-state index contributed by atoms with van der Waals surface area (Å²) in [6.07, 6.45) is 0. The summed E-state index contributed by atoms with van der Waals surface area (Å²) in [6, 6.07) is 14.7. The number of aromatic nitrogens is 3. The van der Waals surface area contributed by atoms with Crippen molar-refractivity contribution in [2.45, 2.75) is 20.0 Å². The fourth-order valence-corrected chi connectivity index (χ4v) is 2.80. The molecule has 6 nitrogen and oxygen atoms in total. The number of nitrogens with zero attached hydrogens (tertiary/aromatic N) is 3. The summed E-state index contributed by atoms with van der Waals surface area (Å²) in [7, 11) is 1.74. The minimum atomic E-state index is -0.0797. The number of phenolic OH excluding ortho intramolecular Hbond substituents is 1. The first-order chi connectivity index (χ1) is 12.4. The molecule has 0 saturated carbocycles. The molecule has 134 valence electrons. The van der Waals surface area contributed by atoms with E-state index >= 15 is 0 Å². The van der Waals surface area contributed by atoms with E-state index in [9.17, 15) is 9.90 Å². The summed E-state index contributed by atoms with van der Waals surface area (Å²) in [4.78, 5) is 14.3. The highest BCUT2D eigenvalue weighted by Gasteiger charge is 2.15. The predicted molar refractivity (Wildman–Crippen MR) is 102 cm³/mol. The van der Waals surface area contributed by atoms with Gasteiger partial charge >= 0.3 is 0 Å². The molecule has 1 aromatic heterocycles. The number of aryl methyl sites for hydroxylation is 1. The Morgan fingerprint density at radius 2 is 1.85 bits per heavy atom. The van der Waals surface area contributed by atoms with Gasteiger partial charge in [0.25, 0.3) is 0 Å². The fraction of sp³-hybridized carbons (Fsp3) is 0.211. The number of likely N-dealkylation sites (N-methyl/N-ethyl adjacent to an activating group) is 1. The summed E-state index contributed by atoms with van der Waals surface area (Å²) in [6.45, 7) is 2.57. The quantitative estimate of drug-likeness (QED) is 0.678. The van der Waals surface area contributed by atoms with Crippen LogP contribution >= 0.6 is 12.2 Å². The summed E-state index contributed by atoms with van der Waals surface area (Å²) >= 11 is 5.29. The number of rotatable bonds is 5. The minimum absolute atomic E-state index is 0.0797. The highest BCUT2D eigenvalue weighted by Crippen LogP contribution is 2.18. The second-order valence-corrected chi connectivity index (χ2v) is 6.61. The summed E-state index contributed by atoms with van der Waals surface area (Å²) in [5, 5.41) is 16.4. The molecule has 0 radical (unpaired) electrons. The number of H-pyrrole nitrogens is 1. The van der Waals surface area contributed by atoms with E-state index in [0.29, 0.717) is 17.1 Å². The highest BCUT2D eigenvalue weighted by molar-refractivity contribution is 7.71. The lowest BCUT2D eigenvalue weighted by Gasteiger charge is -2.18. The van der Waals surface area contributed by atoms with Crippen molar-refractivity contribution in [3.8, 4) is 17.1 Å². The van der Waals surface area contributed by atoms with Crippen LogP contribution in [0.4, 0.5) is 0 Å². The van der Waals surface area contributed by atoms with E-state index in [1.807, 2.05) is 31.2 Å². The van der Waals surface area contributed by atoms with Crippen LogP contribution in [-0.2, 0) is 17.9 Å². The van der Waals surface area contributed by atoms with E-state index in [1.54, 1.807) is 40.8 Å². The molecule has 1 heterocycles. The Bertz CT molecular complexity index is 958.